The van der Waals surface area contributed by atoms with E-state index < -0.39 is 0 Å². The zero-order chi connectivity index (χ0) is 16.9. The first-order valence-electron chi connectivity index (χ1n) is 7.48. The van der Waals surface area contributed by atoms with Gasteiger partial charge in [-0.1, -0.05) is 6.07 Å². The minimum atomic E-state index is -0.184. The van der Waals surface area contributed by atoms with Crippen molar-refractivity contribution in [3.63, 3.8) is 0 Å². The molecular weight excluding hydrogens is 304 g/mol. The molecule has 0 fully saturated rings. The summed E-state index contributed by atoms with van der Waals surface area (Å²) in [5.74, 6) is 0.998. The van der Waals surface area contributed by atoms with Gasteiger partial charge in [0.2, 0.25) is 0 Å². The third kappa shape index (κ3) is 3.25. The van der Waals surface area contributed by atoms with Gasteiger partial charge in [-0.15, -0.1) is 0 Å². The maximum atomic E-state index is 12.5. The molecule has 0 atom stereocenters. The Morgan fingerprint density at radius 2 is 1.67 bits per heavy atom. The Balaban J connectivity index is 1.81. The third-order valence-electron chi connectivity index (χ3n) is 3.65. The Morgan fingerprint density at radius 3 is 2.38 bits per heavy atom. The molecule has 3 rings (SSSR count). The molecule has 24 heavy (non-hydrogen) atoms. The molecule has 0 radical (unpaired) electrons. The van der Waals surface area contributed by atoms with E-state index in [1.54, 1.807) is 38.5 Å². The van der Waals surface area contributed by atoms with Crippen LogP contribution >= 0.6 is 0 Å². The van der Waals surface area contributed by atoms with E-state index in [4.69, 9.17) is 9.47 Å². The van der Waals surface area contributed by atoms with Crippen molar-refractivity contribution in [3.8, 4) is 17.2 Å². The molecule has 0 aliphatic rings. The van der Waals surface area contributed by atoms with Gasteiger partial charge in [-0.2, -0.15) is 0 Å². The highest BCUT2D eigenvalue weighted by Crippen LogP contribution is 2.30. The lowest BCUT2D eigenvalue weighted by molar-refractivity contribution is 0.102. The molecule has 1 aromatic heterocycles. The molecule has 122 valence electrons. The third-order valence-corrected chi connectivity index (χ3v) is 3.65. The molecule has 3 aromatic rings. The predicted molar refractivity (Wildman–Crippen MR) is 93.3 cm³/mol. The molecule has 2 aromatic carbocycles. The molecule has 0 saturated carbocycles. The average molecular weight is 322 g/mol. The first kappa shape index (κ1) is 15.7. The van der Waals surface area contributed by atoms with Gasteiger partial charge >= 0.3 is 0 Å². The largest absolute Gasteiger partial charge is 0.493 e. The van der Waals surface area contributed by atoms with Crippen LogP contribution in [0.1, 0.15) is 10.4 Å². The first-order chi connectivity index (χ1) is 11.7. The summed E-state index contributed by atoms with van der Waals surface area (Å²) in [5.41, 5.74) is 2.15. The van der Waals surface area contributed by atoms with Crippen molar-refractivity contribution < 1.29 is 14.3 Å². The molecule has 0 aliphatic carbocycles. The molecule has 1 heterocycles. The predicted octanol–water partition coefficient (Wildman–Crippen LogP) is 3.75. The van der Waals surface area contributed by atoms with Crippen LogP contribution in [-0.2, 0) is 0 Å². The lowest BCUT2D eigenvalue weighted by Crippen LogP contribution is -2.12. The lowest BCUT2D eigenvalue weighted by Gasteiger charge is -2.11. The standard InChI is InChI=1S/C19H18N2O3/c1-23-17-9-8-15(13-18(17)24-2)20-19(22)14-6-5-7-16(12-14)21-10-3-4-11-21/h3-13H,1-2H3,(H,20,22). The Morgan fingerprint density at radius 1 is 0.917 bits per heavy atom. The van der Waals surface area contributed by atoms with Crippen molar-refractivity contribution in [1.82, 2.24) is 4.57 Å². The van der Waals surface area contributed by atoms with E-state index in [0.717, 1.165) is 5.69 Å². The molecule has 5 nitrogen and oxygen atoms in total. The normalized spacial score (nSPS) is 10.2. The number of methoxy groups -OCH3 is 2. The molecule has 1 amide bonds. The zero-order valence-electron chi connectivity index (χ0n) is 13.5. The van der Waals surface area contributed by atoms with Gasteiger partial charge in [0.05, 0.1) is 14.2 Å². The minimum absolute atomic E-state index is 0.184. The molecule has 0 aliphatic heterocycles. The van der Waals surface area contributed by atoms with Crippen LogP contribution in [0, 0.1) is 0 Å². The maximum absolute atomic E-state index is 12.5. The average Bonchev–Trinajstić information content (AvgIpc) is 3.16. The number of nitrogens with one attached hydrogen (secondary N) is 1. The Labute approximate surface area is 140 Å². The highest BCUT2D eigenvalue weighted by atomic mass is 16.5. The molecule has 1 N–H and O–H groups in total. The summed E-state index contributed by atoms with van der Waals surface area (Å²) in [5, 5.41) is 2.87. The van der Waals surface area contributed by atoms with Gasteiger partial charge < -0.3 is 19.4 Å². The van der Waals surface area contributed by atoms with Crippen molar-refractivity contribution in [1.29, 1.82) is 0 Å². The topological polar surface area (TPSA) is 52.5 Å². The monoisotopic (exact) mass is 322 g/mol. The van der Waals surface area contributed by atoms with Gasteiger partial charge in [0, 0.05) is 35.4 Å². The summed E-state index contributed by atoms with van der Waals surface area (Å²) in [4.78, 5) is 12.5. The molecule has 0 unspecified atom stereocenters. The SMILES string of the molecule is COc1ccc(NC(=O)c2cccc(-n3cccc3)c2)cc1OC. The van der Waals surface area contributed by atoms with Gasteiger partial charge in [-0.05, 0) is 42.5 Å². The number of anilines is 1. The second kappa shape index (κ2) is 6.91. The number of rotatable bonds is 5. The van der Waals surface area contributed by atoms with Crippen LogP contribution < -0.4 is 14.8 Å². The fourth-order valence-electron chi connectivity index (χ4n) is 2.43. The van der Waals surface area contributed by atoms with Crippen LogP contribution in [0.3, 0.4) is 0 Å². The van der Waals surface area contributed by atoms with Crippen LogP contribution in [0.2, 0.25) is 0 Å². The number of ether oxygens (including phenoxy) is 2. The van der Waals surface area contributed by atoms with Gasteiger partial charge in [0.15, 0.2) is 11.5 Å². The number of carbonyl (C=O) groups excluding carboxylic acids is 1. The van der Waals surface area contributed by atoms with Crippen LogP contribution in [0.25, 0.3) is 5.69 Å². The summed E-state index contributed by atoms with van der Waals surface area (Å²) < 4.78 is 12.4. The van der Waals surface area contributed by atoms with Gasteiger partial charge in [-0.3, -0.25) is 4.79 Å². The second-order valence-electron chi connectivity index (χ2n) is 5.16. The summed E-state index contributed by atoms with van der Waals surface area (Å²) in [7, 11) is 3.13. The van der Waals surface area contributed by atoms with Crippen LogP contribution in [-0.4, -0.2) is 24.7 Å². The summed E-state index contributed by atoms with van der Waals surface area (Å²) >= 11 is 0. The number of amides is 1. The zero-order valence-corrected chi connectivity index (χ0v) is 13.5. The highest BCUT2D eigenvalue weighted by Gasteiger charge is 2.10. The van der Waals surface area contributed by atoms with E-state index in [1.165, 1.54) is 0 Å². The summed E-state index contributed by atoms with van der Waals surface area (Å²) in [6.07, 6.45) is 3.87. The van der Waals surface area contributed by atoms with Crippen molar-refractivity contribution in [2.45, 2.75) is 0 Å². The molecular formula is C19H18N2O3. The second-order valence-corrected chi connectivity index (χ2v) is 5.16. The van der Waals surface area contributed by atoms with Crippen LogP contribution in [0.15, 0.2) is 67.0 Å². The van der Waals surface area contributed by atoms with Crippen molar-refractivity contribution >= 4 is 11.6 Å². The van der Waals surface area contributed by atoms with E-state index in [9.17, 15) is 4.79 Å². The number of aromatic nitrogens is 1. The summed E-state index contributed by atoms with van der Waals surface area (Å²) in [6.45, 7) is 0. The van der Waals surface area contributed by atoms with E-state index >= 15 is 0 Å². The molecule has 5 heteroatoms. The minimum Gasteiger partial charge on any atom is -0.493 e. The number of hydrogen-bond acceptors (Lipinski definition) is 3. The van der Waals surface area contributed by atoms with Gasteiger partial charge in [0.25, 0.3) is 5.91 Å². The van der Waals surface area contributed by atoms with Crippen molar-refractivity contribution in [3.05, 3.63) is 72.6 Å². The number of benzene rings is 2. The van der Waals surface area contributed by atoms with E-state index in [1.807, 2.05) is 47.3 Å². The Kier molecular flexibility index (Phi) is 4.52. The van der Waals surface area contributed by atoms with E-state index in [-0.39, 0.29) is 5.91 Å². The van der Waals surface area contributed by atoms with Gasteiger partial charge in [-0.25, -0.2) is 0 Å². The number of nitrogens with zero attached hydrogens (tertiary/aromatic N) is 1. The fraction of sp³-hybridized carbons (Fsp3) is 0.105. The first-order valence-corrected chi connectivity index (χ1v) is 7.48. The van der Waals surface area contributed by atoms with Gasteiger partial charge in [0.1, 0.15) is 0 Å². The smallest absolute Gasteiger partial charge is 0.255 e. The molecule has 0 spiro atoms. The van der Waals surface area contributed by atoms with Crippen LogP contribution in [0.4, 0.5) is 5.69 Å². The number of hydrogen-bond donors (Lipinski definition) is 1. The van der Waals surface area contributed by atoms with E-state index in [2.05, 4.69) is 5.32 Å². The van der Waals surface area contributed by atoms with E-state index in [0.29, 0.717) is 22.7 Å². The molecule has 0 saturated heterocycles. The van der Waals surface area contributed by atoms with Crippen molar-refractivity contribution in [2.24, 2.45) is 0 Å². The maximum Gasteiger partial charge on any atom is 0.255 e. The Bertz CT molecular complexity index is 842. The Hall–Kier alpha value is -3.21. The fourth-order valence-corrected chi connectivity index (χ4v) is 2.43. The quantitative estimate of drug-likeness (QED) is 0.778. The summed E-state index contributed by atoms with van der Waals surface area (Å²) in [6, 6.07) is 16.6. The lowest BCUT2D eigenvalue weighted by atomic mass is 10.1. The highest BCUT2D eigenvalue weighted by molar-refractivity contribution is 6.04. The number of carbonyl (C=O) groups is 1. The molecule has 0 bridgehead atoms. The van der Waals surface area contributed by atoms with Crippen LogP contribution in [0.5, 0.6) is 11.5 Å². The van der Waals surface area contributed by atoms with Crippen molar-refractivity contribution in [2.75, 3.05) is 19.5 Å².